The van der Waals surface area contributed by atoms with Gasteiger partial charge in [-0.05, 0) is 49.2 Å². The largest absolute Gasteiger partial charge is 0.478 e. The fourth-order valence-corrected chi connectivity index (χ4v) is 2.88. The maximum Gasteiger partial charge on any atom is 0.257 e. The van der Waals surface area contributed by atoms with Crippen LogP contribution in [0.2, 0.25) is 0 Å². The van der Waals surface area contributed by atoms with Crippen molar-refractivity contribution in [3.63, 3.8) is 0 Å². The van der Waals surface area contributed by atoms with Crippen LogP contribution in [-0.4, -0.2) is 35.6 Å². The Hall–Kier alpha value is -2.14. The van der Waals surface area contributed by atoms with E-state index in [1.807, 2.05) is 0 Å². The smallest absolute Gasteiger partial charge is 0.257 e. The van der Waals surface area contributed by atoms with Crippen LogP contribution in [0.15, 0.2) is 18.3 Å². The zero-order valence-corrected chi connectivity index (χ0v) is 12.7. The van der Waals surface area contributed by atoms with Crippen LogP contribution in [0.25, 0.3) is 11.3 Å². The average molecular weight is 284 g/mol. The number of benzene rings is 1. The average Bonchev–Trinajstić information content (AvgIpc) is 2.47. The topological polar surface area (TPSA) is 64.3 Å². The van der Waals surface area contributed by atoms with E-state index in [2.05, 4.69) is 41.0 Å². The second-order valence-electron chi connectivity index (χ2n) is 5.57. The Bertz CT molecular complexity index is 684. The van der Waals surface area contributed by atoms with Gasteiger partial charge in [0.15, 0.2) is 5.82 Å². The van der Waals surface area contributed by atoms with Gasteiger partial charge < -0.3 is 15.4 Å². The van der Waals surface area contributed by atoms with Crippen molar-refractivity contribution >= 4 is 5.82 Å². The molecular weight excluding hydrogens is 264 g/mol. The summed E-state index contributed by atoms with van der Waals surface area (Å²) in [6.07, 6.45) is 2.81. The zero-order chi connectivity index (χ0) is 15.0. The second-order valence-corrected chi connectivity index (χ2v) is 5.57. The summed E-state index contributed by atoms with van der Waals surface area (Å²) >= 11 is 0. The molecule has 2 N–H and O–H groups in total. The molecule has 0 radical (unpaired) electrons. The maximum atomic E-state index is 5.73. The molecule has 0 aliphatic carbocycles. The highest BCUT2D eigenvalue weighted by atomic mass is 16.5. The third kappa shape index (κ3) is 2.56. The number of aryl methyl sites for hydroxylation is 1. The number of nitrogens with zero attached hydrogens (tertiary/aromatic N) is 3. The Morgan fingerprint density at radius 2 is 2.14 bits per heavy atom. The van der Waals surface area contributed by atoms with E-state index in [9.17, 15) is 0 Å². The molecule has 1 aromatic heterocycles. The number of rotatable bonds is 2. The highest BCUT2D eigenvalue weighted by Crippen LogP contribution is 2.29. The molecule has 3 rings (SSSR count). The van der Waals surface area contributed by atoms with E-state index in [1.54, 1.807) is 13.3 Å². The van der Waals surface area contributed by atoms with E-state index in [1.165, 1.54) is 16.7 Å². The van der Waals surface area contributed by atoms with Gasteiger partial charge in [0.25, 0.3) is 5.88 Å². The lowest BCUT2D eigenvalue weighted by Crippen LogP contribution is -2.27. The standard InChI is InChI=1S/C16H20N4O/c1-10-6-11(7-12-9-20(2)5-4-13(10)12)14-8-18-15(17)16(19-14)21-3/h6-8H,4-5,9H2,1-3H3,(H2,17,18). The Labute approximate surface area is 124 Å². The Morgan fingerprint density at radius 3 is 2.90 bits per heavy atom. The van der Waals surface area contributed by atoms with Crippen molar-refractivity contribution in [2.45, 2.75) is 19.9 Å². The van der Waals surface area contributed by atoms with Gasteiger partial charge in [0.2, 0.25) is 0 Å². The predicted molar refractivity (Wildman–Crippen MR) is 83.2 cm³/mol. The molecule has 21 heavy (non-hydrogen) atoms. The Morgan fingerprint density at radius 1 is 1.33 bits per heavy atom. The third-order valence-corrected chi connectivity index (χ3v) is 4.01. The van der Waals surface area contributed by atoms with E-state index < -0.39 is 0 Å². The molecule has 5 nitrogen and oxygen atoms in total. The number of hydrogen-bond donors (Lipinski definition) is 1. The Kier molecular flexibility index (Phi) is 3.51. The summed E-state index contributed by atoms with van der Waals surface area (Å²) in [4.78, 5) is 10.9. The summed E-state index contributed by atoms with van der Waals surface area (Å²) in [5.41, 5.74) is 11.7. The van der Waals surface area contributed by atoms with Crippen molar-refractivity contribution in [3.05, 3.63) is 35.0 Å². The SMILES string of the molecule is COc1nc(-c2cc(C)c3c(c2)CN(C)CC3)cnc1N. The van der Waals surface area contributed by atoms with Crippen molar-refractivity contribution in [2.75, 3.05) is 26.4 Å². The molecule has 0 unspecified atom stereocenters. The van der Waals surface area contributed by atoms with E-state index >= 15 is 0 Å². The molecule has 2 heterocycles. The Balaban J connectivity index is 2.07. The van der Waals surface area contributed by atoms with Crippen LogP contribution in [0.5, 0.6) is 5.88 Å². The van der Waals surface area contributed by atoms with Gasteiger partial charge >= 0.3 is 0 Å². The normalized spacial score (nSPS) is 14.8. The lowest BCUT2D eigenvalue weighted by atomic mass is 9.92. The molecule has 1 aromatic carbocycles. The number of methoxy groups -OCH3 is 1. The lowest BCUT2D eigenvalue weighted by Gasteiger charge is -2.27. The first-order valence-corrected chi connectivity index (χ1v) is 7.06. The number of nitrogen functional groups attached to an aromatic ring is 1. The van der Waals surface area contributed by atoms with Crippen LogP contribution >= 0.6 is 0 Å². The van der Waals surface area contributed by atoms with E-state index in [-0.39, 0.29) is 0 Å². The summed E-state index contributed by atoms with van der Waals surface area (Å²) in [6.45, 7) is 4.25. The number of anilines is 1. The predicted octanol–water partition coefficient (Wildman–Crippen LogP) is 2.03. The second kappa shape index (κ2) is 5.33. The fourth-order valence-electron chi connectivity index (χ4n) is 2.88. The van der Waals surface area contributed by atoms with Gasteiger partial charge in [-0.3, -0.25) is 0 Å². The van der Waals surface area contributed by atoms with Gasteiger partial charge in [-0.25, -0.2) is 9.97 Å². The van der Waals surface area contributed by atoms with Crippen LogP contribution in [0.3, 0.4) is 0 Å². The summed E-state index contributed by atoms with van der Waals surface area (Å²) in [5, 5.41) is 0. The van der Waals surface area contributed by atoms with Crippen molar-refractivity contribution in [1.29, 1.82) is 0 Å². The molecule has 110 valence electrons. The molecule has 2 aromatic rings. The minimum absolute atomic E-state index is 0.315. The fraction of sp³-hybridized carbons (Fsp3) is 0.375. The number of likely N-dealkylation sites (N-methyl/N-ethyl adjacent to an activating group) is 1. The first-order chi connectivity index (χ1) is 10.1. The summed E-state index contributed by atoms with van der Waals surface area (Å²) < 4.78 is 5.16. The highest BCUT2D eigenvalue weighted by molar-refractivity contribution is 5.64. The lowest BCUT2D eigenvalue weighted by molar-refractivity contribution is 0.312. The summed E-state index contributed by atoms with van der Waals surface area (Å²) in [7, 11) is 3.70. The molecular formula is C16H20N4O. The molecule has 1 aliphatic heterocycles. The van der Waals surface area contributed by atoms with Gasteiger partial charge in [0, 0.05) is 18.7 Å². The van der Waals surface area contributed by atoms with Gasteiger partial charge in [0.1, 0.15) is 0 Å². The summed E-state index contributed by atoms with van der Waals surface area (Å²) in [6, 6.07) is 4.38. The first kappa shape index (κ1) is 13.8. The molecule has 0 amide bonds. The van der Waals surface area contributed by atoms with Gasteiger partial charge in [-0.2, -0.15) is 0 Å². The summed E-state index contributed by atoms with van der Waals surface area (Å²) in [5.74, 6) is 0.690. The van der Waals surface area contributed by atoms with Crippen LogP contribution < -0.4 is 10.5 Å². The van der Waals surface area contributed by atoms with Gasteiger partial charge in [0.05, 0.1) is 19.0 Å². The maximum absolute atomic E-state index is 5.73. The molecule has 0 bridgehead atoms. The van der Waals surface area contributed by atoms with Crippen LogP contribution in [0, 0.1) is 6.92 Å². The quantitative estimate of drug-likeness (QED) is 0.914. The molecule has 1 aliphatic rings. The van der Waals surface area contributed by atoms with Crippen molar-refractivity contribution in [2.24, 2.45) is 0 Å². The number of hydrogen-bond acceptors (Lipinski definition) is 5. The molecule has 0 fully saturated rings. The minimum atomic E-state index is 0.315. The van der Waals surface area contributed by atoms with E-state index in [4.69, 9.17) is 10.5 Å². The van der Waals surface area contributed by atoms with E-state index in [0.717, 1.165) is 30.8 Å². The number of aromatic nitrogens is 2. The van der Waals surface area contributed by atoms with Gasteiger partial charge in [-0.15, -0.1) is 0 Å². The van der Waals surface area contributed by atoms with Gasteiger partial charge in [-0.1, -0.05) is 0 Å². The first-order valence-electron chi connectivity index (χ1n) is 7.06. The van der Waals surface area contributed by atoms with Crippen molar-refractivity contribution < 1.29 is 4.74 Å². The molecule has 0 saturated carbocycles. The molecule has 5 heteroatoms. The monoisotopic (exact) mass is 284 g/mol. The number of ether oxygens (including phenoxy) is 1. The molecule has 0 saturated heterocycles. The zero-order valence-electron chi connectivity index (χ0n) is 12.7. The van der Waals surface area contributed by atoms with Crippen molar-refractivity contribution in [1.82, 2.24) is 14.9 Å². The highest BCUT2D eigenvalue weighted by Gasteiger charge is 2.17. The molecule has 0 atom stereocenters. The van der Waals surface area contributed by atoms with Crippen molar-refractivity contribution in [3.8, 4) is 17.1 Å². The minimum Gasteiger partial charge on any atom is -0.478 e. The molecule has 0 spiro atoms. The number of nitrogens with two attached hydrogens (primary N) is 1. The van der Waals surface area contributed by atoms with Crippen LogP contribution in [-0.2, 0) is 13.0 Å². The number of fused-ring (bicyclic) bond motifs is 1. The van der Waals surface area contributed by atoms with E-state index in [0.29, 0.717) is 11.7 Å². The third-order valence-electron chi connectivity index (χ3n) is 4.01. The van der Waals surface area contributed by atoms with Crippen LogP contribution in [0.4, 0.5) is 5.82 Å². The van der Waals surface area contributed by atoms with Crippen LogP contribution in [0.1, 0.15) is 16.7 Å².